The Morgan fingerprint density at radius 1 is 1.27 bits per heavy atom. The van der Waals surface area contributed by atoms with Crippen LogP contribution >= 0.6 is 0 Å². The normalized spacial score (nSPS) is 11.2. The number of amides is 2. The molecule has 1 heterocycles. The standard InChI is InChI=1S/C14H17N3O4S/c1-17(10-12-3-2-8-21-12)14(18)16-9-11-4-6-13(7-5-11)22(15,19)20/h2-8H,9-10H2,1H3,(H,16,18)(H2,15,19,20). The molecule has 22 heavy (non-hydrogen) atoms. The van der Waals surface area contributed by atoms with Crippen LogP contribution in [0.5, 0.6) is 0 Å². The van der Waals surface area contributed by atoms with E-state index >= 15 is 0 Å². The van der Waals surface area contributed by atoms with Crippen molar-refractivity contribution < 1.29 is 17.6 Å². The van der Waals surface area contributed by atoms with Crippen molar-refractivity contribution in [2.24, 2.45) is 5.14 Å². The van der Waals surface area contributed by atoms with Gasteiger partial charge in [-0.2, -0.15) is 0 Å². The summed E-state index contributed by atoms with van der Waals surface area (Å²) >= 11 is 0. The summed E-state index contributed by atoms with van der Waals surface area (Å²) in [4.78, 5) is 13.4. The van der Waals surface area contributed by atoms with E-state index in [4.69, 9.17) is 9.56 Å². The molecule has 8 heteroatoms. The zero-order valence-electron chi connectivity index (χ0n) is 12.0. The minimum absolute atomic E-state index is 0.0394. The van der Waals surface area contributed by atoms with Crippen molar-refractivity contribution in [2.75, 3.05) is 7.05 Å². The number of primary sulfonamides is 1. The number of benzene rings is 1. The van der Waals surface area contributed by atoms with Crippen LogP contribution in [0.15, 0.2) is 52.0 Å². The zero-order valence-corrected chi connectivity index (χ0v) is 12.8. The summed E-state index contributed by atoms with van der Waals surface area (Å²) in [5, 5.41) is 7.75. The molecule has 0 atom stereocenters. The molecule has 2 aromatic rings. The van der Waals surface area contributed by atoms with Crippen LogP contribution in [-0.2, 0) is 23.1 Å². The van der Waals surface area contributed by atoms with Gasteiger partial charge in [0, 0.05) is 13.6 Å². The molecule has 0 fully saturated rings. The first kappa shape index (κ1) is 16.1. The van der Waals surface area contributed by atoms with Gasteiger partial charge in [-0.15, -0.1) is 0 Å². The second kappa shape index (κ2) is 6.63. The fourth-order valence-corrected chi connectivity index (χ4v) is 2.33. The fourth-order valence-electron chi connectivity index (χ4n) is 1.82. The van der Waals surface area contributed by atoms with Crippen LogP contribution in [0.25, 0.3) is 0 Å². The molecule has 7 nitrogen and oxygen atoms in total. The summed E-state index contributed by atoms with van der Waals surface area (Å²) < 4.78 is 27.5. The maximum atomic E-state index is 11.9. The van der Waals surface area contributed by atoms with E-state index in [1.54, 1.807) is 37.6 Å². The maximum Gasteiger partial charge on any atom is 0.317 e. The molecule has 2 amide bonds. The summed E-state index contributed by atoms with van der Waals surface area (Å²) in [6.45, 7) is 0.648. The Kier molecular flexibility index (Phi) is 4.84. The van der Waals surface area contributed by atoms with Gasteiger partial charge in [-0.05, 0) is 29.8 Å². The Morgan fingerprint density at radius 3 is 2.50 bits per heavy atom. The number of hydrogen-bond donors (Lipinski definition) is 2. The number of carbonyl (C=O) groups excluding carboxylic acids is 1. The van der Waals surface area contributed by atoms with E-state index in [1.165, 1.54) is 17.0 Å². The number of nitrogens with zero attached hydrogens (tertiary/aromatic N) is 1. The highest BCUT2D eigenvalue weighted by Crippen LogP contribution is 2.09. The molecule has 0 aliphatic heterocycles. The minimum Gasteiger partial charge on any atom is -0.467 e. The monoisotopic (exact) mass is 323 g/mol. The van der Waals surface area contributed by atoms with Crippen molar-refractivity contribution in [3.8, 4) is 0 Å². The van der Waals surface area contributed by atoms with Crippen molar-refractivity contribution in [3.63, 3.8) is 0 Å². The first-order valence-electron chi connectivity index (χ1n) is 6.49. The van der Waals surface area contributed by atoms with E-state index in [0.717, 1.165) is 5.56 Å². The molecular weight excluding hydrogens is 306 g/mol. The molecule has 0 bridgehead atoms. The van der Waals surface area contributed by atoms with Crippen molar-refractivity contribution in [2.45, 2.75) is 18.0 Å². The summed E-state index contributed by atoms with van der Waals surface area (Å²) in [7, 11) is -2.04. The van der Waals surface area contributed by atoms with E-state index in [0.29, 0.717) is 12.3 Å². The lowest BCUT2D eigenvalue weighted by molar-refractivity contribution is 0.202. The SMILES string of the molecule is CN(Cc1ccco1)C(=O)NCc1ccc(S(N)(=O)=O)cc1. The lowest BCUT2D eigenvalue weighted by Crippen LogP contribution is -2.36. The van der Waals surface area contributed by atoms with Gasteiger partial charge >= 0.3 is 6.03 Å². The van der Waals surface area contributed by atoms with Crippen LogP contribution in [0.4, 0.5) is 4.79 Å². The van der Waals surface area contributed by atoms with E-state index < -0.39 is 10.0 Å². The predicted octanol–water partition coefficient (Wildman–Crippen LogP) is 1.27. The van der Waals surface area contributed by atoms with Gasteiger partial charge in [0.2, 0.25) is 10.0 Å². The van der Waals surface area contributed by atoms with Crippen LogP contribution in [0.2, 0.25) is 0 Å². The topological polar surface area (TPSA) is 106 Å². The maximum absolute atomic E-state index is 11.9. The molecule has 1 aromatic carbocycles. The van der Waals surface area contributed by atoms with Crippen molar-refractivity contribution in [1.29, 1.82) is 0 Å². The highest BCUT2D eigenvalue weighted by atomic mass is 32.2. The van der Waals surface area contributed by atoms with E-state index in [1.807, 2.05) is 0 Å². The molecule has 0 radical (unpaired) electrons. The van der Waals surface area contributed by atoms with Gasteiger partial charge < -0.3 is 14.6 Å². The molecule has 0 aliphatic rings. The Hall–Kier alpha value is -2.32. The van der Waals surface area contributed by atoms with Gasteiger partial charge in [-0.1, -0.05) is 12.1 Å². The first-order chi connectivity index (χ1) is 10.4. The van der Waals surface area contributed by atoms with E-state index in [-0.39, 0.29) is 17.5 Å². The van der Waals surface area contributed by atoms with Gasteiger partial charge in [0.1, 0.15) is 5.76 Å². The largest absolute Gasteiger partial charge is 0.467 e. The fraction of sp³-hybridized carbons (Fsp3) is 0.214. The number of urea groups is 1. The predicted molar refractivity (Wildman–Crippen MR) is 80.2 cm³/mol. The van der Waals surface area contributed by atoms with Crippen LogP contribution in [0, 0.1) is 0 Å². The van der Waals surface area contributed by atoms with Crippen molar-refractivity contribution in [1.82, 2.24) is 10.2 Å². The Labute approximate surface area is 128 Å². The third-order valence-electron chi connectivity index (χ3n) is 3.02. The van der Waals surface area contributed by atoms with Gasteiger partial charge in [-0.3, -0.25) is 0 Å². The summed E-state index contributed by atoms with van der Waals surface area (Å²) in [6.07, 6.45) is 1.55. The van der Waals surface area contributed by atoms with E-state index in [9.17, 15) is 13.2 Å². The number of hydrogen-bond acceptors (Lipinski definition) is 4. The molecule has 0 spiro atoms. The average Bonchev–Trinajstić information content (AvgIpc) is 2.97. The Balaban J connectivity index is 1.88. The lowest BCUT2D eigenvalue weighted by atomic mass is 10.2. The number of sulfonamides is 1. The average molecular weight is 323 g/mol. The number of nitrogens with two attached hydrogens (primary N) is 1. The van der Waals surface area contributed by atoms with Crippen LogP contribution in [0.1, 0.15) is 11.3 Å². The number of rotatable bonds is 5. The lowest BCUT2D eigenvalue weighted by Gasteiger charge is -2.16. The Bertz CT molecular complexity index is 724. The molecule has 0 saturated heterocycles. The number of nitrogens with one attached hydrogen (secondary N) is 1. The molecule has 3 N–H and O–H groups in total. The Morgan fingerprint density at radius 2 is 1.95 bits per heavy atom. The molecule has 1 aromatic heterocycles. The van der Waals surface area contributed by atoms with Crippen LogP contribution in [0.3, 0.4) is 0 Å². The third kappa shape index (κ3) is 4.34. The molecule has 0 aliphatic carbocycles. The van der Waals surface area contributed by atoms with Gasteiger partial charge in [0.25, 0.3) is 0 Å². The molecule has 118 valence electrons. The smallest absolute Gasteiger partial charge is 0.317 e. The molecule has 0 unspecified atom stereocenters. The van der Waals surface area contributed by atoms with Gasteiger partial charge in [-0.25, -0.2) is 18.4 Å². The minimum atomic E-state index is -3.70. The summed E-state index contributed by atoms with van der Waals surface area (Å²) in [5.41, 5.74) is 0.771. The molecule has 2 rings (SSSR count). The van der Waals surface area contributed by atoms with E-state index in [2.05, 4.69) is 5.32 Å². The number of carbonyl (C=O) groups is 1. The zero-order chi connectivity index (χ0) is 16.2. The van der Waals surface area contributed by atoms with Crippen molar-refractivity contribution >= 4 is 16.1 Å². The van der Waals surface area contributed by atoms with Crippen molar-refractivity contribution in [3.05, 3.63) is 54.0 Å². The molecular formula is C14H17N3O4S. The third-order valence-corrected chi connectivity index (χ3v) is 3.94. The van der Waals surface area contributed by atoms with Gasteiger partial charge in [0.05, 0.1) is 17.7 Å². The molecule has 0 saturated carbocycles. The second-order valence-electron chi connectivity index (χ2n) is 4.78. The number of furan rings is 1. The highest BCUT2D eigenvalue weighted by molar-refractivity contribution is 7.89. The summed E-state index contributed by atoms with van der Waals surface area (Å²) in [5.74, 6) is 0.690. The second-order valence-corrected chi connectivity index (χ2v) is 6.34. The summed E-state index contributed by atoms with van der Waals surface area (Å²) in [6, 6.07) is 9.31. The van der Waals surface area contributed by atoms with Gasteiger partial charge in [0.15, 0.2) is 0 Å². The first-order valence-corrected chi connectivity index (χ1v) is 8.04. The highest BCUT2D eigenvalue weighted by Gasteiger charge is 2.11. The van der Waals surface area contributed by atoms with Crippen LogP contribution < -0.4 is 10.5 Å². The van der Waals surface area contributed by atoms with Crippen LogP contribution in [-0.4, -0.2) is 26.4 Å². The quantitative estimate of drug-likeness (QED) is 0.864.